The quantitative estimate of drug-likeness (QED) is 0.546. The van der Waals surface area contributed by atoms with Crippen LogP contribution in [-0.4, -0.2) is 32.0 Å². The van der Waals surface area contributed by atoms with Crippen LogP contribution in [0.25, 0.3) is 0 Å². The maximum atomic E-state index is 13.9. The van der Waals surface area contributed by atoms with Gasteiger partial charge in [-0.25, -0.2) is 12.8 Å². The van der Waals surface area contributed by atoms with Crippen LogP contribution in [0.4, 0.5) is 21.5 Å². The molecule has 0 saturated heterocycles. The van der Waals surface area contributed by atoms with Gasteiger partial charge in [-0.2, -0.15) is 0 Å². The lowest BCUT2D eigenvalue weighted by atomic mass is 10.2. The predicted octanol–water partition coefficient (Wildman–Crippen LogP) is 2.92. The lowest BCUT2D eigenvalue weighted by molar-refractivity contribution is -0.384. The number of nitrogens with one attached hydrogen (secondary N) is 1. The molecule has 0 spiro atoms. The molecule has 2 rings (SSSR count). The molecule has 2 aromatic rings. The Labute approximate surface area is 155 Å². The van der Waals surface area contributed by atoms with E-state index >= 15 is 0 Å². The summed E-state index contributed by atoms with van der Waals surface area (Å²) in [6.45, 7) is -0.0812. The van der Waals surface area contributed by atoms with E-state index in [1.54, 1.807) is 0 Å². The Hall–Kier alpha value is -3.01. The Morgan fingerprint density at radius 1 is 1.22 bits per heavy atom. The van der Waals surface area contributed by atoms with Crippen LogP contribution in [0.3, 0.4) is 0 Å². The maximum Gasteiger partial charge on any atom is 0.271 e. The van der Waals surface area contributed by atoms with Gasteiger partial charge >= 0.3 is 0 Å². The Bertz CT molecular complexity index is 949. The second kappa shape index (κ2) is 8.58. The van der Waals surface area contributed by atoms with Crippen LogP contribution in [0.1, 0.15) is 12.8 Å². The monoisotopic (exact) mass is 395 g/mol. The van der Waals surface area contributed by atoms with Crippen molar-refractivity contribution in [1.29, 1.82) is 0 Å². The molecule has 0 aliphatic carbocycles. The summed E-state index contributed by atoms with van der Waals surface area (Å²) in [5, 5.41) is 13.3. The smallest absolute Gasteiger partial charge is 0.271 e. The van der Waals surface area contributed by atoms with E-state index in [0.29, 0.717) is 0 Å². The maximum absolute atomic E-state index is 13.9. The third-order valence-electron chi connectivity index (χ3n) is 3.63. The molecular formula is C17H18FN3O5S. The Morgan fingerprint density at radius 2 is 1.93 bits per heavy atom. The van der Waals surface area contributed by atoms with Crippen LogP contribution in [0.5, 0.6) is 0 Å². The van der Waals surface area contributed by atoms with Crippen molar-refractivity contribution in [2.45, 2.75) is 12.8 Å². The molecule has 0 fully saturated rings. The van der Waals surface area contributed by atoms with Gasteiger partial charge < -0.3 is 5.32 Å². The molecule has 144 valence electrons. The summed E-state index contributed by atoms with van der Waals surface area (Å²) in [7, 11) is -3.73. The lowest BCUT2D eigenvalue weighted by Crippen LogP contribution is -2.32. The number of non-ortho nitro benzene ring substituents is 1. The van der Waals surface area contributed by atoms with E-state index in [1.807, 2.05) is 0 Å². The molecule has 1 N–H and O–H groups in total. The van der Waals surface area contributed by atoms with Crippen molar-refractivity contribution in [2.24, 2.45) is 0 Å². The first-order valence-corrected chi connectivity index (χ1v) is 9.80. The van der Waals surface area contributed by atoms with Crippen LogP contribution in [-0.2, 0) is 14.8 Å². The van der Waals surface area contributed by atoms with Gasteiger partial charge in [-0.1, -0.05) is 18.2 Å². The number of sulfonamides is 1. The van der Waals surface area contributed by atoms with Crippen LogP contribution in [0.2, 0.25) is 0 Å². The molecule has 27 heavy (non-hydrogen) atoms. The zero-order valence-corrected chi connectivity index (χ0v) is 15.3. The zero-order chi connectivity index (χ0) is 20.0. The van der Waals surface area contributed by atoms with E-state index in [0.717, 1.165) is 16.6 Å². The first-order valence-electron chi connectivity index (χ1n) is 7.95. The zero-order valence-electron chi connectivity index (χ0n) is 14.5. The van der Waals surface area contributed by atoms with Crippen molar-refractivity contribution in [2.75, 3.05) is 22.4 Å². The molecule has 0 atom stereocenters. The van der Waals surface area contributed by atoms with Gasteiger partial charge in [0, 0.05) is 30.8 Å². The van der Waals surface area contributed by atoms with Gasteiger partial charge in [-0.3, -0.25) is 19.2 Å². The highest BCUT2D eigenvalue weighted by Crippen LogP contribution is 2.22. The summed E-state index contributed by atoms with van der Waals surface area (Å²) in [6.07, 6.45) is 1.06. The summed E-state index contributed by atoms with van der Waals surface area (Å²) in [5.74, 6) is -1.11. The van der Waals surface area contributed by atoms with Gasteiger partial charge in [0.15, 0.2) is 0 Å². The topological polar surface area (TPSA) is 110 Å². The molecule has 0 aliphatic rings. The Morgan fingerprint density at radius 3 is 2.56 bits per heavy atom. The van der Waals surface area contributed by atoms with E-state index in [1.165, 1.54) is 42.5 Å². The van der Waals surface area contributed by atoms with Crippen molar-refractivity contribution in [3.8, 4) is 0 Å². The SMILES string of the molecule is CS(=O)(=O)N(CCCC(=O)Nc1cccc([N+](=O)[O-])c1)c1ccccc1F. The number of para-hydroxylation sites is 1. The van der Waals surface area contributed by atoms with E-state index in [9.17, 15) is 27.7 Å². The van der Waals surface area contributed by atoms with E-state index in [2.05, 4.69) is 5.32 Å². The molecule has 0 bridgehead atoms. The number of rotatable bonds is 8. The molecule has 8 nitrogen and oxygen atoms in total. The number of nitro groups is 1. The number of hydrogen-bond donors (Lipinski definition) is 1. The number of hydrogen-bond acceptors (Lipinski definition) is 5. The molecule has 1 amide bonds. The summed E-state index contributed by atoms with van der Waals surface area (Å²) in [4.78, 5) is 22.2. The van der Waals surface area contributed by atoms with E-state index in [-0.39, 0.29) is 36.4 Å². The highest BCUT2D eigenvalue weighted by molar-refractivity contribution is 7.92. The van der Waals surface area contributed by atoms with Crippen LogP contribution < -0.4 is 9.62 Å². The average molecular weight is 395 g/mol. The molecule has 0 heterocycles. The Kier molecular flexibility index (Phi) is 6.45. The van der Waals surface area contributed by atoms with Crippen LogP contribution in [0.15, 0.2) is 48.5 Å². The summed E-state index contributed by atoms with van der Waals surface area (Å²) in [6, 6.07) is 10.9. The number of benzene rings is 2. The second-order valence-electron chi connectivity index (χ2n) is 5.75. The van der Waals surface area contributed by atoms with Crippen molar-refractivity contribution >= 4 is 33.0 Å². The van der Waals surface area contributed by atoms with E-state index in [4.69, 9.17) is 0 Å². The summed E-state index contributed by atoms with van der Waals surface area (Å²) >= 11 is 0. The summed E-state index contributed by atoms with van der Waals surface area (Å²) in [5.41, 5.74) is 0.0259. The fraction of sp³-hybridized carbons (Fsp3) is 0.235. The number of amides is 1. The molecule has 0 aliphatic heterocycles. The van der Waals surface area contributed by atoms with Gasteiger partial charge in [-0.05, 0) is 24.6 Å². The number of nitrogens with zero attached hydrogens (tertiary/aromatic N) is 2. The van der Waals surface area contributed by atoms with Crippen molar-refractivity contribution in [3.63, 3.8) is 0 Å². The first-order chi connectivity index (χ1) is 12.7. The fourth-order valence-corrected chi connectivity index (χ4v) is 3.39. The molecule has 0 unspecified atom stereocenters. The highest BCUT2D eigenvalue weighted by atomic mass is 32.2. The Balaban J connectivity index is 1.99. The minimum atomic E-state index is -3.73. The molecule has 0 radical (unpaired) electrons. The van der Waals surface area contributed by atoms with Crippen molar-refractivity contribution in [3.05, 3.63) is 64.5 Å². The number of nitro benzene ring substituents is 1. The predicted molar refractivity (Wildman–Crippen MR) is 99.5 cm³/mol. The van der Waals surface area contributed by atoms with Gasteiger partial charge in [0.25, 0.3) is 5.69 Å². The van der Waals surface area contributed by atoms with Crippen LogP contribution in [0, 0.1) is 15.9 Å². The van der Waals surface area contributed by atoms with Crippen molar-refractivity contribution < 1.29 is 22.5 Å². The average Bonchev–Trinajstić information content (AvgIpc) is 2.59. The molecule has 2 aromatic carbocycles. The molecular weight excluding hydrogens is 377 g/mol. The fourth-order valence-electron chi connectivity index (χ4n) is 2.42. The molecule has 0 saturated carbocycles. The molecule has 10 heteroatoms. The highest BCUT2D eigenvalue weighted by Gasteiger charge is 2.20. The van der Waals surface area contributed by atoms with Crippen molar-refractivity contribution in [1.82, 2.24) is 0 Å². The number of anilines is 2. The molecule has 0 aromatic heterocycles. The minimum absolute atomic E-state index is 0.0385. The summed E-state index contributed by atoms with van der Waals surface area (Å²) < 4.78 is 38.7. The standard InChI is InChI=1S/C17H18FN3O5S/c1-27(25,26)20(16-9-3-2-8-15(16)18)11-5-10-17(22)19-13-6-4-7-14(12-13)21(23)24/h2-4,6-9,12H,5,10-11H2,1H3,(H,19,22). The number of carbonyl (C=O) groups excluding carboxylic acids is 1. The first kappa shape index (κ1) is 20.3. The minimum Gasteiger partial charge on any atom is -0.326 e. The van der Waals surface area contributed by atoms with E-state index < -0.39 is 26.7 Å². The van der Waals surface area contributed by atoms with Gasteiger partial charge in [0.1, 0.15) is 5.82 Å². The second-order valence-corrected chi connectivity index (χ2v) is 7.65. The number of carbonyl (C=O) groups is 1. The number of halogens is 1. The third kappa shape index (κ3) is 5.74. The van der Waals surface area contributed by atoms with Gasteiger partial charge in [0.05, 0.1) is 16.9 Å². The van der Waals surface area contributed by atoms with Gasteiger partial charge in [-0.15, -0.1) is 0 Å². The third-order valence-corrected chi connectivity index (χ3v) is 4.81. The van der Waals surface area contributed by atoms with Crippen LogP contribution >= 0.6 is 0 Å². The largest absolute Gasteiger partial charge is 0.326 e. The lowest BCUT2D eigenvalue weighted by Gasteiger charge is -2.22. The normalized spacial score (nSPS) is 11.0. The van der Waals surface area contributed by atoms with Gasteiger partial charge in [0.2, 0.25) is 15.9 Å².